The summed E-state index contributed by atoms with van der Waals surface area (Å²) < 4.78 is 0. The molecule has 0 amide bonds. The van der Waals surface area contributed by atoms with Crippen LogP contribution in [0.3, 0.4) is 0 Å². The van der Waals surface area contributed by atoms with Gasteiger partial charge in [0.25, 0.3) is 0 Å². The van der Waals surface area contributed by atoms with Crippen molar-refractivity contribution in [3.8, 4) is 6.07 Å². The Hall–Kier alpha value is -3.06. The van der Waals surface area contributed by atoms with Crippen molar-refractivity contribution in [2.45, 2.75) is 0 Å². The smallest absolute Gasteiger partial charge is 0.101 e. The Balaban J connectivity index is 2.21. The minimum absolute atomic E-state index is 0.633. The van der Waals surface area contributed by atoms with Crippen LogP contribution in [0.25, 0.3) is 10.9 Å². The molecule has 0 atom stereocenters. The fraction of sp³-hybridized carbons (Fsp3) is 0.0588. The fourth-order valence-corrected chi connectivity index (χ4v) is 2.46. The van der Waals surface area contributed by atoms with Gasteiger partial charge in [0.05, 0.1) is 28.1 Å². The Morgan fingerprint density at radius 3 is 2.67 bits per heavy atom. The molecule has 2 aromatic carbocycles. The third-order valence-corrected chi connectivity index (χ3v) is 3.53. The maximum absolute atomic E-state index is 9.26. The summed E-state index contributed by atoms with van der Waals surface area (Å²) in [5.74, 6) is 0. The molecule has 4 nitrogen and oxygen atoms in total. The molecule has 4 heteroatoms. The molecule has 0 spiro atoms. The summed E-state index contributed by atoms with van der Waals surface area (Å²) in [6.45, 7) is 0. The minimum atomic E-state index is 0.633. The van der Waals surface area contributed by atoms with Gasteiger partial charge in [-0.05, 0) is 36.4 Å². The van der Waals surface area contributed by atoms with Crippen molar-refractivity contribution < 1.29 is 0 Å². The summed E-state index contributed by atoms with van der Waals surface area (Å²) in [4.78, 5) is 6.33. The zero-order valence-corrected chi connectivity index (χ0v) is 11.6. The van der Waals surface area contributed by atoms with Crippen LogP contribution in [-0.4, -0.2) is 12.0 Å². The molecule has 0 fully saturated rings. The lowest BCUT2D eigenvalue weighted by Gasteiger charge is -2.22. The Labute approximate surface area is 123 Å². The van der Waals surface area contributed by atoms with E-state index in [1.807, 2.05) is 60.5 Å². The van der Waals surface area contributed by atoms with Gasteiger partial charge < -0.3 is 10.6 Å². The maximum atomic E-state index is 9.26. The molecule has 0 aliphatic rings. The van der Waals surface area contributed by atoms with Gasteiger partial charge in [0, 0.05) is 18.6 Å². The number of hydrogen-bond acceptors (Lipinski definition) is 4. The van der Waals surface area contributed by atoms with Crippen LogP contribution in [0.4, 0.5) is 17.1 Å². The summed E-state index contributed by atoms with van der Waals surface area (Å²) in [5.41, 5.74) is 9.87. The molecule has 3 rings (SSSR count). The fourth-order valence-electron chi connectivity index (χ4n) is 2.46. The van der Waals surface area contributed by atoms with Crippen molar-refractivity contribution in [3.63, 3.8) is 0 Å². The van der Waals surface area contributed by atoms with Gasteiger partial charge in [0.1, 0.15) is 6.07 Å². The highest BCUT2D eigenvalue weighted by molar-refractivity contribution is 6.00. The highest BCUT2D eigenvalue weighted by Crippen LogP contribution is 2.34. The van der Waals surface area contributed by atoms with E-state index in [9.17, 15) is 5.26 Å². The zero-order chi connectivity index (χ0) is 14.8. The Kier molecular flexibility index (Phi) is 3.17. The first-order valence-electron chi connectivity index (χ1n) is 6.58. The van der Waals surface area contributed by atoms with Crippen molar-refractivity contribution in [1.82, 2.24) is 4.98 Å². The number of hydrogen-bond donors (Lipinski definition) is 1. The number of fused-ring (bicyclic) bond motifs is 1. The molecule has 0 saturated carbocycles. The molecule has 0 aliphatic heterocycles. The SMILES string of the molecule is CN(c1ccccc1C#N)c1ccc(N)c2ncccc12. The first kappa shape index (κ1) is 12.9. The first-order chi connectivity index (χ1) is 10.2. The van der Waals surface area contributed by atoms with E-state index < -0.39 is 0 Å². The zero-order valence-electron chi connectivity index (χ0n) is 11.6. The Bertz CT molecular complexity index is 849. The van der Waals surface area contributed by atoms with E-state index in [4.69, 9.17) is 5.73 Å². The van der Waals surface area contributed by atoms with Gasteiger partial charge in [-0.1, -0.05) is 12.1 Å². The van der Waals surface area contributed by atoms with Gasteiger partial charge >= 0.3 is 0 Å². The minimum Gasteiger partial charge on any atom is -0.397 e. The molecular weight excluding hydrogens is 260 g/mol. The van der Waals surface area contributed by atoms with Crippen molar-refractivity contribution >= 4 is 28.0 Å². The summed E-state index contributed by atoms with van der Waals surface area (Å²) >= 11 is 0. The highest BCUT2D eigenvalue weighted by atomic mass is 15.1. The lowest BCUT2D eigenvalue weighted by atomic mass is 10.1. The van der Waals surface area contributed by atoms with Gasteiger partial charge in [-0.15, -0.1) is 0 Å². The van der Waals surface area contributed by atoms with Crippen molar-refractivity contribution in [1.29, 1.82) is 5.26 Å². The van der Waals surface area contributed by atoms with Gasteiger partial charge in [-0.25, -0.2) is 0 Å². The van der Waals surface area contributed by atoms with E-state index in [-0.39, 0.29) is 0 Å². The van der Waals surface area contributed by atoms with E-state index in [1.54, 1.807) is 6.20 Å². The standard InChI is InChI=1S/C17H14N4/c1-21(15-7-3-2-5-12(15)11-18)16-9-8-14(19)17-13(16)6-4-10-20-17/h2-10H,19H2,1H3. The van der Waals surface area contributed by atoms with E-state index in [0.29, 0.717) is 11.3 Å². The number of para-hydroxylation sites is 1. The molecule has 21 heavy (non-hydrogen) atoms. The second-order valence-corrected chi connectivity index (χ2v) is 4.76. The molecular formula is C17H14N4. The van der Waals surface area contributed by atoms with Crippen LogP contribution in [0.5, 0.6) is 0 Å². The molecule has 0 bridgehead atoms. The predicted octanol–water partition coefficient (Wildman–Crippen LogP) is 3.46. The molecule has 102 valence electrons. The number of anilines is 3. The molecule has 0 saturated heterocycles. The predicted molar refractivity (Wildman–Crippen MR) is 85.4 cm³/mol. The molecule has 1 heterocycles. The second kappa shape index (κ2) is 5.14. The van der Waals surface area contributed by atoms with Gasteiger partial charge in [0.15, 0.2) is 0 Å². The van der Waals surface area contributed by atoms with Crippen LogP contribution in [0.2, 0.25) is 0 Å². The molecule has 2 N–H and O–H groups in total. The monoisotopic (exact) mass is 274 g/mol. The third kappa shape index (κ3) is 2.15. The van der Waals surface area contributed by atoms with E-state index >= 15 is 0 Å². The number of benzene rings is 2. The van der Waals surface area contributed by atoms with Gasteiger partial charge in [-0.3, -0.25) is 4.98 Å². The number of aromatic nitrogens is 1. The lowest BCUT2D eigenvalue weighted by molar-refractivity contribution is 1.21. The van der Waals surface area contributed by atoms with E-state index in [0.717, 1.165) is 22.3 Å². The second-order valence-electron chi connectivity index (χ2n) is 4.76. The van der Waals surface area contributed by atoms with Gasteiger partial charge in [0.2, 0.25) is 0 Å². The van der Waals surface area contributed by atoms with Crippen LogP contribution in [0.1, 0.15) is 5.56 Å². The third-order valence-electron chi connectivity index (χ3n) is 3.53. The quantitative estimate of drug-likeness (QED) is 0.727. The Morgan fingerprint density at radius 2 is 1.86 bits per heavy atom. The van der Waals surface area contributed by atoms with Crippen LogP contribution in [0, 0.1) is 11.3 Å². The average molecular weight is 274 g/mol. The van der Waals surface area contributed by atoms with E-state index in [1.165, 1.54) is 0 Å². The molecule has 0 unspecified atom stereocenters. The van der Waals surface area contributed by atoms with Crippen LogP contribution in [0.15, 0.2) is 54.7 Å². The number of pyridine rings is 1. The normalized spacial score (nSPS) is 10.3. The number of nitrogens with zero attached hydrogens (tertiary/aromatic N) is 3. The lowest BCUT2D eigenvalue weighted by Crippen LogP contribution is -2.11. The van der Waals surface area contributed by atoms with Crippen molar-refractivity contribution in [3.05, 3.63) is 60.3 Å². The largest absolute Gasteiger partial charge is 0.397 e. The first-order valence-corrected chi connectivity index (χ1v) is 6.58. The van der Waals surface area contributed by atoms with E-state index in [2.05, 4.69) is 11.1 Å². The van der Waals surface area contributed by atoms with Crippen molar-refractivity contribution in [2.24, 2.45) is 0 Å². The summed E-state index contributed by atoms with van der Waals surface area (Å²) in [6, 6.07) is 17.4. The van der Waals surface area contributed by atoms with Gasteiger partial charge in [-0.2, -0.15) is 5.26 Å². The topological polar surface area (TPSA) is 65.9 Å². The molecule has 1 aromatic heterocycles. The summed E-state index contributed by atoms with van der Waals surface area (Å²) in [6.07, 6.45) is 1.73. The summed E-state index contributed by atoms with van der Waals surface area (Å²) in [5, 5.41) is 10.2. The number of nitriles is 1. The van der Waals surface area contributed by atoms with Crippen LogP contribution < -0.4 is 10.6 Å². The molecule has 0 radical (unpaired) electrons. The maximum Gasteiger partial charge on any atom is 0.101 e. The van der Waals surface area contributed by atoms with Crippen molar-refractivity contribution in [2.75, 3.05) is 17.7 Å². The number of nitrogens with two attached hydrogens (primary N) is 1. The molecule has 0 aliphatic carbocycles. The molecule has 3 aromatic rings. The Morgan fingerprint density at radius 1 is 1.05 bits per heavy atom. The summed E-state index contributed by atoms with van der Waals surface area (Å²) in [7, 11) is 1.94. The number of rotatable bonds is 2. The van der Waals surface area contributed by atoms with Crippen LogP contribution >= 0.6 is 0 Å². The number of nitrogen functional groups attached to an aromatic ring is 1. The highest BCUT2D eigenvalue weighted by Gasteiger charge is 2.13. The van der Waals surface area contributed by atoms with Crippen LogP contribution in [-0.2, 0) is 0 Å². The average Bonchev–Trinajstić information content (AvgIpc) is 2.55.